The molecule has 106 valence electrons. The van der Waals surface area contributed by atoms with Gasteiger partial charge in [-0.05, 0) is 17.7 Å². The Morgan fingerprint density at radius 3 is 2.37 bits per heavy atom. The minimum Gasteiger partial charge on any atom is -0.506 e. The van der Waals surface area contributed by atoms with Gasteiger partial charge in [0.25, 0.3) is 0 Å². The molecule has 19 heavy (non-hydrogen) atoms. The van der Waals surface area contributed by atoms with Crippen LogP contribution in [0.2, 0.25) is 5.02 Å². The summed E-state index contributed by atoms with van der Waals surface area (Å²) in [5, 5.41) is 48.0. The molecule has 0 bridgehead atoms. The first kappa shape index (κ1) is 14.5. The van der Waals surface area contributed by atoms with Crippen molar-refractivity contribution in [3.63, 3.8) is 0 Å². The van der Waals surface area contributed by atoms with Crippen LogP contribution in [-0.2, 0) is 4.74 Å². The van der Waals surface area contributed by atoms with Crippen molar-refractivity contribution in [2.75, 3.05) is 6.61 Å². The molecule has 1 aromatic rings. The van der Waals surface area contributed by atoms with Crippen molar-refractivity contribution in [2.24, 2.45) is 0 Å². The van der Waals surface area contributed by atoms with Gasteiger partial charge in [0.15, 0.2) is 0 Å². The fourth-order valence-electron chi connectivity index (χ4n) is 2.08. The Bertz CT molecular complexity index is 452. The second-order valence-electron chi connectivity index (χ2n) is 4.46. The number of aliphatic hydroxyl groups excluding tert-OH is 4. The average molecular weight is 291 g/mol. The van der Waals surface area contributed by atoms with Crippen LogP contribution in [0.4, 0.5) is 0 Å². The van der Waals surface area contributed by atoms with Crippen LogP contribution in [0.25, 0.3) is 0 Å². The van der Waals surface area contributed by atoms with Crippen LogP contribution in [0, 0.1) is 0 Å². The first-order valence-electron chi connectivity index (χ1n) is 5.74. The molecule has 1 heterocycles. The number of halogens is 1. The molecule has 7 heteroatoms. The average Bonchev–Trinajstić information content (AvgIpc) is 2.40. The Labute approximate surface area is 114 Å². The number of aliphatic hydroxyl groups is 4. The summed E-state index contributed by atoms with van der Waals surface area (Å²) in [4.78, 5) is 0. The number of benzene rings is 1. The second-order valence-corrected chi connectivity index (χ2v) is 4.87. The Kier molecular flexibility index (Phi) is 4.29. The van der Waals surface area contributed by atoms with E-state index in [9.17, 15) is 20.4 Å². The molecule has 0 saturated carbocycles. The third kappa shape index (κ3) is 2.69. The molecule has 1 aromatic carbocycles. The highest BCUT2D eigenvalue weighted by Crippen LogP contribution is 2.35. The van der Waals surface area contributed by atoms with Gasteiger partial charge in [-0.15, -0.1) is 0 Å². The minimum atomic E-state index is -1.45. The van der Waals surface area contributed by atoms with Crippen LogP contribution in [0.1, 0.15) is 11.7 Å². The van der Waals surface area contributed by atoms with Crippen molar-refractivity contribution in [1.82, 2.24) is 0 Å². The van der Waals surface area contributed by atoms with Gasteiger partial charge in [-0.3, -0.25) is 0 Å². The monoisotopic (exact) mass is 290 g/mol. The number of hydrogen-bond donors (Lipinski definition) is 5. The second kappa shape index (κ2) is 5.62. The van der Waals surface area contributed by atoms with E-state index in [-0.39, 0.29) is 10.8 Å². The zero-order valence-corrected chi connectivity index (χ0v) is 10.6. The standard InChI is InChI=1S/C12H15ClO6/c13-6-2-1-5(3-7(6)15)12-11(18)10(17)9(16)8(4-14)19-12/h1-3,8-12,14-18H,4H2/t8-,9-,10+,11+,12-/m1/s1. The van der Waals surface area contributed by atoms with Gasteiger partial charge in [0.05, 0.1) is 11.6 Å². The highest BCUT2D eigenvalue weighted by molar-refractivity contribution is 6.32. The molecule has 0 aromatic heterocycles. The maximum atomic E-state index is 9.90. The van der Waals surface area contributed by atoms with E-state index >= 15 is 0 Å². The lowest BCUT2D eigenvalue weighted by Gasteiger charge is -2.40. The van der Waals surface area contributed by atoms with Gasteiger partial charge in [0.1, 0.15) is 36.3 Å². The summed E-state index contributed by atoms with van der Waals surface area (Å²) in [6.45, 7) is -0.499. The molecule has 5 atom stereocenters. The summed E-state index contributed by atoms with van der Waals surface area (Å²) in [5.41, 5.74) is 0.388. The van der Waals surface area contributed by atoms with Gasteiger partial charge in [0, 0.05) is 0 Å². The molecular formula is C12H15ClO6. The van der Waals surface area contributed by atoms with Gasteiger partial charge in [-0.1, -0.05) is 17.7 Å². The van der Waals surface area contributed by atoms with Gasteiger partial charge in [0.2, 0.25) is 0 Å². The van der Waals surface area contributed by atoms with Crippen molar-refractivity contribution in [2.45, 2.75) is 30.5 Å². The SMILES string of the molecule is OC[C@H]1O[C@H](c2ccc(Cl)c(O)c2)[C@@H](O)[C@@H](O)[C@@H]1O. The van der Waals surface area contributed by atoms with E-state index in [1.54, 1.807) is 0 Å². The summed E-state index contributed by atoms with van der Waals surface area (Å²) in [5.74, 6) is -0.184. The predicted molar refractivity (Wildman–Crippen MR) is 65.8 cm³/mol. The van der Waals surface area contributed by atoms with E-state index in [0.717, 1.165) is 0 Å². The van der Waals surface area contributed by atoms with Gasteiger partial charge in [-0.2, -0.15) is 0 Å². The quantitative estimate of drug-likeness (QED) is 0.505. The van der Waals surface area contributed by atoms with Crippen LogP contribution in [0.3, 0.4) is 0 Å². The first-order chi connectivity index (χ1) is 8.95. The predicted octanol–water partition coefficient (Wildman–Crippen LogP) is -0.440. The van der Waals surface area contributed by atoms with Gasteiger partial charge in [-0.25, -0.2) is 0 Å². The molecule has 6 nitrogen and oxygen atoms in total. The first-order valence-corrected chi connectivity index (χ1v) is 6.12. The lowest BCUT2D eigenvalue weighted by molar-refractivity contribution is -0.231. The van der Waals surface area contributed by atoms with Crippen LogP contribution in [0.5, 0.6) is 5.75 Å². The molecule has 0 amide bonds. The van der Waals surface area contributed by atoms with E-state index in [4.69, 9.17) is 21.4 Å². The summed E-state index contributed by atoms with van der Waals surface area (Å²) in [6, 6.07) is 4.25. The maximum absolute atomic E-state index is 9.90. The van der Waals surface area contributed by atoms with Crippen molar-refractivity contribution in [3.8, 4) is 5.75 Å². The number of aromatic hydroxyl groups is 1. The maximum Gasteiger partial charge on any atom is 0.134 e. The lowest BCUT2D eigenvalue weighted by Crippen LogP contribution is -2.55. The van der Waals surface area contributed by atoms with E-state index < -0.39 is 37.1 Å². The van der Waals surface area contributed by atoms with Crippen LogP contribution in [-0.4, -0.2) is 56.6 Å². The number of ether oxygens (including phenoxy) is 1. The fraction of sp³-hybridized carbons (Fsp3) is 0.500. The van der Waals surface area contributed by atoms with E-state index in [0.29, 0.717) is 5.56 Å². The molecule has 0 aliphatic carbocycles. The summed E-state index contributed by atoms with van der Waals surface area (Å²) in [6.07, 6.45) is -6.19. The molecule has 2 rings (SSSR count). The smallest absolute Gasteiger partial charge is 0.134 e. The minimum absolute atomic E-state index is 0.147. The van der Waals surface area contributed by atoms with Gasteiger partial charge < -0.3 is 30.3 Å². The molecule has 1 aliphatic rings. The highest BCUT2D eigenvalue weighted by Gasteiger charge is 2.43. The highest BCUT2D eigenvalue weighted by atomic mass is 35.5. The zero-order chi connectivity index (χ0) is 14.2. The number of hydrogen-bond acceptors (Lipinski definition) is 6. The largest absolute Gasteiger partial charge is 0.506 e. The molecular weight excluding hydrogens is 276 g/mol. The summed E-state index contributed by atoms with van der Waals surface area (Å²) in [7, 11) is 0. The van der Waals surface area contributed by atoms with E-state index in [1.807, 2.05) is 0 Å². The zero-order valence-electron chi connectivity index (χ0n) is 9.85. The Balaban J connectivity index is 2.29. The molecule has 0 unspecified atom stereocenters. The molecule has 1 fully saturated rings. The van der Waals surface area contributed by atoms with Crippen molar-refractivity contribution in [3.05, 3.63) is 28.8 Å². The van der Waals surface area contributed by atoms with Crippen LogP contribution in [0.15, 0.2) is 18.2 Å². The van der Waals surface area contributed by atoms with Crippen LogP contribution >= 0.6 is 11.6 Å². The normalized spacial score (nSPS) is 35.3. The van der Waals surface area contributed by atoms with Crippen molar-refractivity contribution >= 4 is 11.6 Å². The van der Waals surface area contributed by atoms with Gasteiger partial charge >= 0.3 is 0 Å². The lowest BCUT2D eigenvalue weighted by atomic mass is 9.91. The number of rotatable bonds is 2. The Hall–Kier alpha value is -0.890. The molecule has 0 radical (unpaired) electrons. The Morgan fingerprint density at radius 2 is 1.79 bits per heavy atom. The van der Waals surface area contributed by atoms with E-state index in [2.05, 4.69) is 0 Å². The molecule has 1 aliphatic heterocycles. The van der Waals surface area contributed by atoms with Crippen molar-refractivity contribution < 1.29 is 30.3 Å². The molecule has 1 saturated heterocycles. The van der Waals surface area contributed by atoms with E-state index in [1.165, 1.54) is 18.2 Å². The third-order valence-corrected chi connectivity index (χ3v) is 3.51. The van der Waals surface area contributed by atoms with Crippen molar-refractivity contribution in [1.29, 1.82) is 0 Å². The fourth-order valence-corrected chi connectivity index (χ4v) is 2.20. The summed E-state index contributed by atoms with van der Waals surface area (Å²) >= 11 is 5.68. The molecule has 0 spiro atoms. The Morgan fingerprint density at radius 1 is 1.11 bits per heavy atom. The summed E-state index contributed by atoms with van der Waals surface area (Å²) < 4.78 is 5.35. The topological polar surface area (TPSA) is 110 Å². The van der Waals surface area contributed by atoms with Crippen LogP contribution < -0.4 is 0 Å². The number of phenols is 1. The third-order valence-electron chi connectivity index (χ3n) is 3.19. The molecule has 5 N–H and O–H groups in total. The number of phenolic OH excluding ortho intramolecular Hbond substituents is 1.